The molecule has 101 valence electrons. The van der Waals surface area contributed by atoms with Crippen LogP contribution in [-0.2, 0) is 11.5 Å². The van der Waals surface area contributed by atoms with E-state index in [9.17, 15) is 10.2 Å². The van der Waals surface area contributed by atoms with Crippen LogP contribution in [0.1, 0.15) is 25.0 Å². The molecule has 1 radical (unpaired) electrons. The van der Waals surface area contributed by atoms with Gasteiger partial charge in [-0.3, -0.25) is 4.98 Å². The summed E-state index contributed by atoms with van der Waals surface area (Å²) in [6.45, 7) is 1.50. The number of aliphatic hydroxyl groups is 1. The highest BCUT2D eigenvalue weighted by molar-refractivity contribution is 5.03. The first-order valence-corrected chi connectivity index (χ1v) is 6.57. The molecule has 0 aliphatic rings. The first-order chi connectivity index (χ1) is 8.72. The van der Waals surface area contributed by atoms with E-state index in [1.165, 1.54) is 0 Å². The third-order valence-corrected chi connectivity index (χ3v) is 2.93. The maximum Gasteiger partial charge on any atom is 0.0822 e. The number of unbranched alkanes of at least 4 members (excludes halogenated alkanes) is 1. The third kappa shape index (κ3) is 6.69. The highest BCUT2D eigenvalue weighted by atomic mass is 16.3. The minimum absolute atomic E-state index is 0.0394. The Hall–Kier alpha value is -0.970. The Morgan fingerprint density at radius 3 is 2.89 bits per heavy atom. The lowest BCUT2D eigenvalue weighted by molar-refractivity contribution is 0.110. The van der Waals surface area contributed by atoms with Crippen LogP contribution in [0.4, 0.5) is 0 Å². The molecule has 0 spiro atoms. The maximum atomic E-state index is 10.3. The lowest BCUT2D eigenvalue weighted by Crippen LogP contribution is -2.30. The standard InChI is InChI=1S/C14H23N2O2/c1-16(12-14(18)7-3-5-11-17)10-8-13-6-2-4-9-15-13/h2,4,6,9,14,18H,3,5,7-8,10-12H2,1H3. The molecular weight excluding hydrogens is 228 g/mol. The predicted molar refractivity (Wildman–Crippen MR) is 70.8 cm³/mol. The number of hydrogen-bond acceptors (Lipinski definition) is 3. The molecule has 4 nitrogen and oxygen atoms in total. The Bertz CT molecular complexity index is 306. The van der Waals surface area contributed by atoms with Crippen molar-refractivity contribution >= 4 is 0 Å². The first-order valence-electron chi connectivity index (χ1n) is 6.57. The molecule has 0 aromatic carbocycles. The van der Waals surface area contributed by atoms with Gasteiger partial charge in [0.15, 0.2) is 0 Å². The summed E-state index contributed by atoms with van der Waals surface area (Å²) in [5.41, 5.74) is 1.07. The minimum atomic E-state index is -0.328. The summed E-state index contributed by atoms with van der Waals surface area (Å²) in [6.07, 6.45) is 4.56. The second-order valence-electron chi connectivity index (χ2n) is 4.69. The summed E-state index contributed by atoms with van der Waals surface area (Å²) in [6, 6.07) is 5.91. The molecule has 0 fully saturated rings. The van der Waals surface area contributed by atoms with Crippen LogP contribution >= 0.6 is 0 Å². The molecule has 1 aromatic rings. The maximum absolute atomic E-state index is 10.3. The van der Waals surface area contributed by atoms with Gasteiger partial charge in [0, 0.05) is 31.4 Å². The fourth-order valence-electron chi connectivity index (χ4n) is 1.88. The molecule has 1 aromatic heterocycles. The molecule has 18 heavy (non-hydrogen) atoms. The van der Waals surface area contributed by atoms with Crippen LogP contribution in [-0.4, -0.2) is 47.8 Å². The number of nitrogens with zero attached hydrogens (tertiary/aromatic N) is 2. The normalized spacial score (nSPS) is 12.9. The lowest BCUT2D eigenvalue weighted by atomic mass is 10.1. The van der Waals surface area contributed by atoms with Gasteiger partial charge in [-0.1, -0.05) is 6.07 Å². The van der Waals surface area contributed by atoms with Crippen molar-refractivity contribution in [3.63, 3.8) is 0 Å². The van der Waals surface area contributed by atoms with E-state index in [1.807, 2.05) is 25.2 Å². The van der Waals surface area contributed by atoms with Crippen LogP contribution in [0.3, 0.4) is 0 Å². The van der Waals surface area contributed by atoms with E-state index in [0.29, 0.717) is 13.0 Å². The Morgan fingerprint density at radius 2 is 2.22 bits per heavy atom. The van der Waals surface area contributed by atoms with E-state index in [1.54, 1.807) is 6.20 Å². The fraction of sp³-hybridized carbons (Fsp3) is 0.643. The molecule has 4 heteroatoms. The SMILES string of the molecule is CN(CCc1ccccn1)CC(O)CCCC[O]. The van der Waals surface area contributed by atoms with Crippen LogP contribution in [0, 0.1) is 0 Å². The zero-order chi connectivity index (χ0) is 13.2. The highest BCUT2D eigenvalue weighted by Gasteiger charge is 2.08. The van der Waals surface area contributed by atoms with Gasteiger partial charge in [-0.2, -0.15) is 0 Å². The average Bonchev–Trinajstić information content (AvgIpc) is 2.38. The Balaban J connectivity index is 2.15. The molecule has 0 saturated carbocycles. The van der Waals surface area contributed by atoms with Crippen LogP contribution in [0.25, 0.3) is 0 Å². The zero-order valence-corrected chi connectivity index (χ0v) is 11.1. The summed E-state index contributed by atoms with van der Waals surface area (Å²) >= 11 is 0. The van der Waals surface area contributed by atoms with Gasteiger partial charge in [-0.25, -0.2) is 5.11 Å². The van der Waals surface area contributed by atoms with Crippen LogP contribution in [0.2, 0.25) is 0 Å². The monoisotopic (exact) mass is 251 g/mol. The number of hydrogen-bond donors (Lipinski definition) is 1. The molecule has 1 unspecified atom stereocenters. The van der Waals surface area contributed by atoms with Gasteiger partial charge < -0.3 is 10.0 Å². The Labute approximate surface area is 109 Å². The number of aliphatic hydroxyl groups excluding tert-OH is 1. The van der Waals surface area contributed by atoms with Crippen molar-refractivity contribution in [2.75, 3.05) is 26.7 Å². The largest absolute Gasteiger partial charge is 0.392 e. The molecule has 0 amide bonds. The highest BCUT2D eigenvalue weighted by Crippen LogP contribution is 2.03. The van der Waals surface area contributed by atoms with Gasteiger partial charge in [0.1, 0.15) is 0 Å². The van der Waals surface area contributed by atoms with E-state index in [-0.39, 0.29) is 12.7 Å². The Morgan fingerprint density at radius 1 is 1.39 bits per heavy atom. The molecule has 0 bridgehead atoms. The van der Waals surface area contributed by atoms with E-state index in [4.69, 9.17) is 0 Å². The quantitative estimate of drug-likeness (QED) is 0.677. The molecule has 0 aliphatic carbocycles. The van der Waals surface area contributed by atoms with Crippen molar-refractivity contribution < 1.29 is 10.2 Å². The second kappa shape index (κ2) is 9.03. The fourth-order valence-corrected chi connectivity index (χ4v) is 1.88. The topological polar surface area (TPSA) is 56.3 Å². The summed E-state index contributed by atoms with van der Waals surface area (Å²) in [4.78, 5) is 6.37. The number of rotatable bonds is 9. The average molecular weight is 251 g/mol. The molecule has 1 rings (SSSR count). The van der Waals surface area contributed by atoms with Gasteiger partial charge in [0.2, 0.25) is 0 Å². The molecular formula is C14H23N2O2. The van der Waals surface area contributed by atoms with E-state index in [2.05, 4.69) is 9.88 Å². The van der Waals surface area contributed by atoms with Gasteiger partial charge in [-0.05, 0) is 38.4 Å². The second-order valence-corrected chi connectivity index (χ2v) is 4.69. The summed E-state index contributed by atoms with van der Waals surface area (Å²) in [7, 11) is 2.00. The van der Waals surface area contributed by atoms with E-state index >= 15 is 0 Å². The van der Waals surface area contributed by atoms with Crippen LogP contribution < -0.4 is 0 Å². The zero-order valence-electron chi connectivity index (χ0n) is 11.1. The summed E-state index contributed by atoms with van der Waals surface area (Å²) in [5, 5.41) is 20.1. The van der Waals surface area contributed by atoms with E-state index < -0.39 is 0 Å². The van der Waals surface area contributed by atoms with Crippen molar-refractivity contribution in [2.24, 2.45) is 0 Å². The first kappa shape index (κ1) is 15.1. The van der Waals surface area contributed by atoms with Gasteiger partial charge in [0.25, 0.3) is 0 Å². The van der Waals surface area contributed by atoms with Crippen molar-refractivity contribution in [3.8, 4) is 0 Å². The molecule has 1 N–H and O–H groups in total. The Kier molecular flexibility index (Phi) is 7.57. The van der Waals surface area contributed by atoms with Crippen molar-refractivity contribution in [1.82, 2.24) is 9.88 Å². The molecule has 0 saturated heterocycles. The predicted octanol–water partition coefficient (Wildman–Crippen LogP) is 1.52. The summed E-state index contributed by atoms with van der Waals surface area (Å²) in [5.74, 6) is 0. The number of aromatic nitrogens is 1. The van der Waals surface area contributed by atoms with Crippen LogP contribution in [0.5, 0.6) is 0 Å². The smallest absolute Gasteiger partial charge is 0.0822 e. The minimum Gasteiger partial charge on any atom is -0.392 e. The third-order valence-electron chi connectivity index (χ3n) is 2.93. The summed E-state index contributed by atoms with van der Waals surface area (Å²) < 4.78 is 0. The van der Waals surface area contributed by atoms with Gasteiger partial charge in [0.05, 0.1) is 12.7 Å². The van der Waals surface area contributed by atoms with Crippen molar-refractivity contribution in [3.05, 3.63) is 30.1 Å². The molecule has 1 heterocycles. The molecule has 1 atom stereocenters. The van der Waals surface area contributed by atoms with Crippen molar-refractivity contribution in [1.29, 1.82) is 0 Å². The van der Waals surface area contributed by atoms with Crippen molar-refractivity contribution in [2.45, 2.75) is 31.8 Å². The lowest BCUT2D eigenvalue weighted by Gasteiger charge is -2.20. The molecule has 0 aliphatic heterocycles. The number of likely N-dealkylation sites (N-methyl/N-ethyl adjacent to an activating group) is 1. The number of pyridine rings is 1. The van der Waals surface area contributed by atoms with Crippen LogP contribution in [0.15, 0.2) is 24.4 Å². The van der Waals surface area contributed by atoms with E-state index in [0.717, 1.165) is 31.5 Å². The van der Waals surface area contributed by atoms with Gasteiger partial charge >= 0.3 is 0 Å². The van der Waals surface area contributed by atoms with Gasteiger partial charge in [-0.15, -0.1) is 0 Å².